The lowest BCUT2D eigenvalue weighted by molar-refractivity contribution is -0.136. The second kappa shape index (κ2) is 6.82. The molecule has 2 atom stereocenters. The van der Waals surface area contributed by atoms with E-state index in [4.69, 9.17) is 0 Å². The molecule has 2 heterocycles. The minimum absolute atomic E-state index is 0.115. The van der Waals surface area contributed by atoms with Crippen molar-refractivity contribution in [1.82, 2.24) is 9.80 Å². The summed E-state index contributed by atoms with van der Waals surface area (Å²) >= 11 is 0. The molecule has 0 bridgehead atoms. The van der Waals surface area contributed by atoms with Crippen molar-refractivity contribution >= 4 is 5.91 Å². The summed E-state index contributed by atoms with van der Waals surface area (Å²) in [5, 5.41) is 0. The molecule has 2 aliphatic heterocycles. The fraction of sp³-hybridized carbons (Fsp3) is 0.632. The van der Waals surface area contributed by atoms with Crippen molar-refractivity contribution in [2.75, 3.05) is 13.1 Å². The number of carbonyl (C=O) groups excluding carboxylic acids is 1. The van der Waals surface area contributed by atoms with Gasteiger partial charge in [-0.2, -0.15) is 0 Å². The van der Waals surface area contributed by atoms with Crippen LogP contribution in [0.5, 0.6) is 0 Å². The van der Waals surface area contributed by atoms with Crippen LogP contribution in [0.2, 0.25) is 0 Å². The number of hydrogen-bond donors (Lipinski definition) is 0. The average Bonchev–Trinajstić information content (AvgIpc) is 3.15. The van der Waals surface area contributed by atoms with Crippen molar-refractivity contribution in [3.63, 3.8) is 0 Å². The topological polar surface area (TPSA) is 23.6 Å². The third-order valence-corrected chi connectivity index (χ3v) is 5.16. The zero-order valence-corrected chi connectivity index (χ0v) is 13.9. The summed E-state index contributed by atoms with van der Waals surface area (Å²) in [4.78, 5) is 17.3. The molecule has 3 rings (SSSR count). The number of likely N-dealkylation sites (tertiary alicyclic amines) is 2. The molecule has 1 aromatic rings. The van der Waals surface area contributed by atoms with Crippen LogP contribution in [0.3, 0.4) is 0 Å². The maximum absolute atomic E-state index is 12.5. The van der Waals surface area contributed by atoms with Gasteiger partial charge in [0.15, 0.2) is 0 Å². The normalized spacial score (nSPS) is 26.0. The molecule has 1 aromatic carbocycles. The second-order valence-electron chi connectivity index (χ2n) is 7.06. The Kier molecular flexibility index (Phi) is 4.82. The number of nitrogens with zero attached hydrogens (tertiary/aromatic N) is 2. The van der Waals surface area contributed by atoms with Gasteiger partial charge in [0.05, 0.1) is 0 Å². The standard InChI is InChI=1S/C19H28N2O/c1-15(2)19(22)21-13-7-11-18(21)17-10-6-12-20(17)14-16-8-4-3-5-9-16/h3-5,8-9,15,17-18H,6-7,10-14H2,1-2H3/t17-,18-/m1/s1. The Labute approximate surface area is 134 Å². The summed E-state index contributed by atoms with van der Waals surface area (Å²) in [6, 6.07) is 11.7. The highest BCUT2D eigenvalue weighted by molar-refractivity contribution is 5.78. The first-order chi connectivity index (χ1) is 10.7. The molecule has 3 nitrogen and oxygen atoms in total. The Morgan fingerprint density at radius 1 is 1.09 bits per heavy atom. The maximum Gasteiger partial charge on any atom is 0.225 e. The van der Waals surface area contributed by atoms with Crippen LogP contribution in [-0.4, -0.2) is 40.9 Å². The van der Waals surface area contributed by atoms with Crippen LogP contribution in [0, 0.1) is 5.92 Å². The molecule has 22 heavy (non-hydrogen) atoms. The van der Waals surface area contributed by atoms with Crippen LogP contribution in [0.15, 0.2) is 30.3 Å². The molecule has 0 unspecified atom stereocenters. The third-order valence-electron chi connectivity index (χ3n) is 5.16. The van der Waals surface area contributed by atoms with Gasteiger partial charge in [-0.25, -0.2) is 0 Å². The van der Waals surface area contributed by atoms with Crippen molar-refractivity contribution < 1.29 is 4.79 Å². The second-order valence-corrected chi connectivity index (χ2v) is 7.06. The SMILES string of the molecule is CC(C)C(=O)N1CCC[C@@H]1[C@H]1CCCN1Cc1ccccc1. The van der Waals surface area contributed by atoms with Gasteiger partial charge in [-0.1, -0.05) is 44.2 Å². The molecular formula is C19H28N2O. The molecule has 2 aliphatic rings. The lowest BCUT2D eigenvalue weighted by Gasteiger charge is -2.36. The van der Waals surface area contributed by atoms with Gasteiger partial charge in [-0.3, -0.25) is 9.69 Å². The average molecular weight is 300 g/mol. The number of benzene rings is 1. The highest BCUT2D eigenvalue weighted by Gasteiger charge is 2.39. The molecule has 0 aliphatic carbocycles. The first kappa shape index (κ1) is 15.5. The van der Waals surface area contributed by atoms with E-state index >= 15 is 0 Å². The minimum Gasteiger partial charge on any atom is -0.338 e. The first-order valence-electron chi connectivity index (χ1n) is 8.75. The van der Waals surface area contributed by atoms with Crippen LogP contribution >= 0.6 is 0 Å². The minimum atomic E-state index is 0.115. The van der Waals surface area contributed by atoms with Crippen LogP contribution in [0.25, 0.3) is 0 Å². The van der Waals surface area contributed by atoms with E-state index in [0.717, 1.165) is 13.1 Å². The van der Waals surface area contributed by atoms with Crippen molar-refractivity contribution in [3.8, 4) is 0 Å². The van der Waals surface area contributed by atoms with E-state index in [9.17, 15) is 4.79 Å². The van der Waals surface area contributed by atoms with E-state index in [1.54, 1.807) is 0 Å². The Morgan fingerprint density at radius 3 is 2.50 bits per heavy atom. The maximum atomic E-state index is 12.5. The quantitative estimate of drug-likeness (QED) is 0.852. The van der Waals surface area contributed by atoms with Crippen LogP contribution in [0.4, 0.5) is 0 Å². The molecule has 1 amide bonds. The summed E-state index contributed by atoms with van der Waals surface area (Å²) in [6.07, 6.45) is 4.84. The van der Waals surface area contributed by atoms with Crippen molar-refractivity contribution in [2.45, 2.75) is 58.2 Å². The molecule has 3 heteroatoms. The van der Waals surface area contributed by atoms with Gasteiger partial charge >= 0.3 is 0 Å². The molecule has 0 aromatic heterocycles. The number of rotatable bonds is 4. The Hall–Kier alpha value is -1.35. The highest BCUT2D eigenvalue weighted by Crippen LogP contribution is 2.31. The molecule has 0 spiro atoms. The Morgan fingerprint density at radius 2 is 1.77 bits per heavy atom. The molecular weight excluding hydrogens is 272 g/mol. The summed E-state index contributed by atoms with van der Waals surface area (Å²) < 4.78 is 0. The third kappa shape index (κ3) is 3.19. The summed E-state index contributed by atoms with van der Waals surface area (Å²) in [6.45, 7) is 7.19. The van der Waals surface area contributed by atoms with Crippen molar-refractivity contribution in [3.05, 3.63) is 35.9 Å². The van der Waals surface area contributed by atoms with Crippen LogP contribution < -0.4 is 0 Å². The molecule has 2 fully saturated rings. The number of carbonyl (C=O) groups is 1. The van der Waals surface area contributed by atoms with E-state index < -0.39 is 0 Å². The summed E-state index contributed by atoms with van der Waals surface area (Å²) in [7, 11) is 0. The van der Waals surface area contributed by atoms with Gasteiger partial charge in [0.2, 0.25) is 5.91 Å². The fourth-order valence-electron chi connectivity index (χ4n) is 4.10. The first-order valence-corrected chi connectivity index (χ1v) is 8.75. The van der Waals surface area contributed by atoms with E-state index in [2.05, 4.69) is 40.1 Å². The fourth-order valence-corrected chi connectivity index (χ4v) is 4.10. The molecule has 0 N–H and O–H groups in total. The van der Waals surface area contributed by atoms with Crippen molar-refractivity contribution in [2.24, 2.45) is 5.92 Å². The van der Waals surface area contributed by atoms with Crippen LogP contribution in [0.1, 0.15) is 45.1 Å². The summed E-state index contributed by atoms with van der Waals surface area (Å²) in [5.41, 5.74) is 1.38. The van der Waals surface area contributed by atoms with Crippen molar-refractivity contribution in [1.29, 1.82) is 0 Å². The summed E-state index contributed by atoms with van der Waals surface area (Å²) in [5.74, 6) is 0.457. The van der Waals surface area contributed by atoms with Gasteiger partial charge in [0.1, 0.15) is 0 Å². The molecule has 0 radical (unpaired) electrons. The lowest BCUT2D eigenvalue weighted by atomic mass is 10.0. The molecule has 0 saturated carbocycles. The zero-order valence-electron chi connectivity index (χ0n) is 13.9. The number of amides is 1. The van der Waals surface area contributed by atoms with E-state index in [1.165, 1.54) is 37.8 Å². The van der Waals surface area contributed by atoms with E-state index in [1.807, 2.05) is 13.8 Å². The van der Waals surface area contributed by atoms with Gasteiger partial charge in [-0.05, 0) is 37.8 Å². The number of hydrogen-bond acceptors (Lipinski definition) is 2. The van der Waals surface area contributed by atoms with Crippen LogP contribution in [-0.2, 0) is 11.3 Å². The molecule has 2 saturated heterocycles. The van der Waals surface area contributed by atoms with Gasteiger partial charge < -0.3 is 4.90 Å². The lowest BCUT2D eigenvalue weighted by Crippen LogP contribution is -2.49. The van der Waals surface area contributed by atoms with Gasteiger partial charge in [-0.15, -0.1) is 0 Å². The van der Waals surface area contributed by atoms with E-state index in [-0.39, 0.29) is 5.92 Å². The predicted octanol–water partition coefficient (Wildman–Crippen LogP) is 3.30. The Bertz CT molecular complexity index is 499. The smallest absolute Gasteiger partial charge is 0.225 e. The molecule has 120 valence electrons. The van der Waals surface area contributed by atoms with Gasteiger partial charge in [0.25, 0.3) is 0 Å². The Balaban J connectivity index is 1.71. The van der Waals surface area contributed by atoms with Gasteiger partial charge in [0, 0.05) is 31.1 Å². The highest BCUT2D eigenvalue weighted by atomic mass is 16.2. The largest absolute Gasteiger partial charge is 0.338 e. The zero-order chi connectivity index (χ0) is 15.5. The van der Waals surface area contributed by atoms with E-state index in [0.29, 0.717) is 18.0 Å². The monoisotopic (exact) mass is 300 g/mol. The predicted molar refractivity (Wildman–Crippen MR) is 89.4 cm³/mol.